The zero-order valence-corrected chi connectivity index (χ0v) is 9.64. The zero-order valence-electron chi connectivity index (χ0n) is 8.83. The van der Waals surface area contributed by atoms with Gasteiger partial charge in [0.1, 0.15) is 5.82 Å². The SMILES string of the molecule is CS(=O)CCNC(=O)c1cc(N)ccc1F. The standard InChI is InChI=1S/C10H13FN2O2S/c1-16(15)5-4-13-10(14)8-6-7(12)2-3-9(8)11/h2-3,6H,4-5,12H2,1H3,(H,13,14). The first-order valence-corrected chi connectivity index (χ1v) is 6.36. The third kappa shape index (κ3) is 3.62. The van der Waals surface area contributed by atoms with Gasteiger partial charge in [0.15, 0.2) is 0 Å². The average molecular weight is 244 g/mol. The van der Waals surface area contributed by atoms with Crippen molar-refractivity contribution < 1.29 is 13.4 Å². The van der Waals surface area contributed by atoms with E-state index in [1.165, 1.54) is 18.4 Å². The number of hydrogen-bond acceptors (Lipinski definition) is 3. The summed E-state index contributed by atoms with van der Waals surface area (Å²) in [5.41, 5.74) is 5.68. The fourth-order valence-corrected chi connectivity index (χ4v) is 1.51. The summed E-state index contributed by atoms with van der Waals surface area (Å²) in [5, 5.41) is 2.47. The number of anilines is 1. The van der Waals surface area contributed by atoms with Crippen LogP contribution in [0.4, 0.5) is 10.1 Å². The lowest BCUT2D eigenvalue weighted by molar-refractivity contribution is 0.0952. The summed E-state index contributed by atoms with van der Waals surface area (Å²) in [6.45, 7) is 0.246. The highest BCUT2D eigenvalue weighted by atomic mass is 32.2. The number of hydrogen-bond donors (Lipinski definition) is 2. The molecule has 16 heavy (non-hydrogen) atoms. The Balaban J connectivity index is 2.65. The minimum Gasteiger partial charge on any atom is -0.399 e. The fourth-order valence-electron chi connectivity index (χ4n) is 1.12. The second-order valence-electron chi connectivity index (χ2n) is 3.27. The zero-order chi connectivity index (χ0) is 12.1. The molecule has 0 heterocycles. The Labute approximate surface area is 95.5 Å². The van der Waals surface area contributed by atoms with E-state index in [1.807, 2.05) is 0 Å². The second kappa shape index (κ2) is 5.60. The number of rotatable bonds is 4. The van der Waals surface area contributed by atoms with E-state index < -0.39 is 22.5 Å². The number of nitrogen functional groups attached to an aromatic ring is 1. The van der Waals surface area contributed by atoms with E-state index in [1.54, 1.807) is 0 Å². The molecular weight excluding hydrogens is 231 g/mol. The maximum atomic E-state index is 13.2. The second-order valence-corrected chi connectivity index (χ2v) is 4.83. The van der Waals surface area contributed by atoms with E-state index in [-0.39, 0.29) is 12.1 Å². The average Bonchev–Trinajstić information content (AvgIpc) is 2.21. The number of halogens is 1. The Morgan fingerprint density at radius 1 is 1.56 bits per heavy atom. The summed E-state index contributed by atoms with van der Waals surface area (Å²) in [7, 11) is -0.981. The molecule has 0 saturated heterocycles. The van der Waals surface area contributed by atoms with E-state index in [9.17, 15) is 13.4 Å². The van der Waals surface area contributed by atoms with Gasteiger partial charge in [0.25, 0.3) is 5.91 Å². The Bertz CT molecular complexity index is 423. The number of nitrogens with one attached hydrogen (secondary N) is 1. The molecule has 88 valence electrons. The molecule has 0 saturated carbocycles. The number of benzene rings is 1. The molecule has 1 rings (SSSR count). The van der Waals surface area contributed by atoms with Crippen LogP contribution in [-0.2, 0) is 10.8 Å². The van der Waals surface area contributed by atoms with Crippen LogP contribution in [0.5, 0.6) is 0 Å². The van der Waals surface area contributed by atoms with Crippen LogP contribution < -0.4 is 11.1 Å². The van der Waals surface area contributed by atoms with Crippen LogP contribution in [0.2, 0.25) is 0 Å². The van der Waals surface area contributed by atoms with E-state index in [4.69, 9.17) is 5.73 Å². The predicted octanol–water partition coefficient (Wildman–Crippen LogP) is 0.516. The van der Waals surface area contributed by atoms with Crippen molar-refractivity contribution in [2.45, 2.75) is 0 Å². The largest absolute Gasteiger partial charge is 0.399 e. The summed E-state index contributed by atoms with van der Waals surface area (Å²) in [5.74, 6) is -0.824. The van der Waals surface area contributed by atoms with Gasteiger partial charge in [-0.25, -0.2) is 4.39 Å². The molecule has 0 aliphatic carbocycles. The van der Waals surface area contributed by atoms with Gasteiger partial charge >= 0.3 is 0 Å². The summed E-state index contributed by atoms with van der Waals surface area (Å²) in [6, 6.07) is 3.79. The maximum Gasteiger partial charge on any atom is 0.254 e. The minimum atomic E-state index is -0.981. The van der Waals surface area contributed by atoms with Crippen LogP contribution in [0, 0.1) is 5.82 Å². The van der Waals surface area contributed by atoms with Gasteiger partial charge in [0.2, 0.25) is 0 Å². The van der Waals surface area contributed by atoms with Crippen LogP contribution >= 0.6 is 0 Å². The molecule has 0 aliphatic heterocycles. The van der Waals surface area contributed by atoms with Gasteiger partial charge in [-0.05, 0) is 18.2 Å². The fraction of sp³-hybridized carbons (Fsp3) is 0.300. The molecule has 0 aliphatic rings. The first kappa shape index (κ1) is 12.6. The third-order valence-corrected chi connectivity index (χ3v) is 2.69. The first-order chi connectivity index (χ1) is 7.50. The molecule has 0 fully saturated rings. The molecule has 1 amide bonds. The molecule has 0 bridgehead atoms. The summed E-state index contributed by atoms with van der Waals surface area (Å²) in [4.78, 5) is 11.5. The number of amides is 1. The highest BCUT2D eigenvalue weighted by Gasteiger charge is 2.11. The Morgan fingerprint density at radius 3 is 2.88 bits per heavy atom. The highest BCUT2D eigenvalue weighted by Crippen LogP contribution is 2.11. The van der Waals surface area contributed by atoms with Crippen molar-refractivity contribution in [3.63, 3.8) is 0 Å². The number of carbonyl (C=O) groups excluding carboxylic acids is 1. The molecule has 6 heteroatoms. The Morgan fingerprint density at radius 2 is 2.25 bits per heavy atom. The van der Waals surface area contributed by atoms with Crippen LogP contribution in [0.25, 0.3) is 0 Å². The smallest absolute Gasteiger partial charge is 0.254 e. The molecule has 0 aromatic heterocycles. The number of carbonyl (C=O) groups is 1. The molecule has 3 N–H and O–H groups in total. The lowest BCUT2D eigenvalue weighted by Gasteiger charge is -2.05. The van der Waals surface area contributed by atoms with Gasteiger partial charge in [-0.3, -0.25) is 9.00 Å². The Hall–Kier alpha value is -1.43. The lowest BCUT2D eigenvalue weighted by atomic mass is 10.2. The van der Waals surface area contributed by atoms with Crippen molar-refractivity contribution >= 4 is 22.4 Å². The van der Waals surface area contributed by atoms with Gasteiger partial charge in [-0.15, -0.1) is 0 Å². The first-order valence-electron chi connectivity index (χ1n) is 4.64. The van der Waals surface area contributed by atoms with Crippen LogP contribution in [0.1, 0.15) is 10.4 Å². The van der Waals surface area contributed by atoms with E-state index in [0.717, 1.165) is 6.07 Å². The molecule has 1 atom stereocenters. The van der Waals surface area contributed by atoms with Crippen molar-refractivity contribution in [2.24, 2.45) is 0 Å². The van der Waals surface area contributed by atoms with Crippen molar-refractivity contribution in [1.82, 2.24) is 5.32 Å². The van der Waals surface area contributed by atoms with Gasteiger partial charge in [0.05, 0.1) is 5.56 Å². The molecule has 0 spiro atoms. The van der Waals surface area contributed by atoms with Crippen molar-refractivity contribution in [3.05, 3.63) is 29.6 Å². The normalized spacial score (nSPS) is 12.1. The minimum absolute atomic E-state index is 0.0955. The van der Waals surface area contributed by atoms with E-state index >= 15 is 0 Å². The summed E-state index contributed by atoms with van der Waals surface area (Å²) >= 11 is 0. The topological polar surface area (TPSA) is 72.2 Å². The third-order valence-electron chi connectivity index (χ3n) is 1.91. The quantitative estimate of drug-likeness (QED) is 0.758. The van der Waals surface area contributed by atoms with Gasteiger partial charge in [0, 0.05) is 35.0 Å². The molecule has 0 radical (unpaired) electrons. The molecule has 1 unspecified atom stereocenters. The molecular formula is C10H13FN2O2S. The van der Waals surface area contributed by atoms with Crippen LogP contribution in [0.15, 0.2) is 18.2 Å². The Kier molecular flexibility index (Phi) is 4.42. The van der Waals surface area contributed by atoms with Gasteiger partial charge in [-0.1, -0.05) is 0 Å². The molecule has 4 nitrogen and oxygen atoms in total. The van der Waals surface area contributed by atoms with Crippen molar-refractivity contribution in [3.8, 4) is 0 Å². The predicted molar refractivity (Wildman–Crippen MR) is 62.1 cm³/mol. The summed E-state index contributed by atoms with van der Waals surface area (Å²) < 4.78 is 24.0. The molecule has 1 aromatic carbocycles. The van der Waals surface area contributed by atoms with Crippen LogP contribution in [0.3, 0.4) is 0 Å². The summed E-state index contributed by atoms with van der Waals surface area (Å²) in [6.07, 6.45) is 1.53. The monoisotopic (exact) mass is 244 g/mol. The maximum absolute atomic E-state index is 13.2. The van der Waals surface area contributed by atoms with Crippen molar-refractivity contribution in [2.75, 3.05) is 24.3 Å². The number of nitrogens with two attached hydrogens (primary N) is 1. The van der Waals surface area contributed by atoms with Gasteiger partial charge in [-0.2, -0.15) is 0 Å². The lowest BCUT2D eigenvalue weighted by Crippen LogP contribution is -2.28. The van der Waals surface area contributed by atoms with E-state index in [2.05, 4.69) is 5.32 Å². The molecule has 1 aromatic rings. The highest BCUT2D eigenvalue weighted by molar-refractivity contribution is 7.84. The van der Waals surface area contributed by atoms with E-state index in [0.29, 0.717) is 11.4 Å². The van der Waals surface area contributed by atoms with Crippen LogP contribution in [-0.4, -0.2) is 28.7 Å². The van der Waals surface area contributed by atoms with Gasteiger partial charge < -0.3 is 11.1 Å². The van der Waals surface area contributed by atoms with Crippen molar-refractivity contribution in [1.29, 1.82) is 0 Å².